The van der Waals surface area contributed by atoms with Gasteiger partial charge in [0, 0.05) is 12.5 Å². The first-order valence-electron chi connectivity index (χ1n) is 7.36. The summed E-state index contributed by atoms with van der Waals surface area (Å²) in [6, 6.07) is 0.144. The standard InChI is InChI=1S/C16H29NO3/c1-14(2)7-11(8-15(3,4)10-14)17-12(18)9-16(5,6)13(19)20/h11H,7-10H2,1-6H3,(H,17,18)(H,19,20). The Hall–Kier alpha value is -1.06. The second-order valence-electron chi connectivity index (χ2n) is 8.54. The molecule has 0 radical (unpaired) electrons. The SMILES string of the molecule is CC1(C)CC(NC(=O)CC(C)(C)C(=O)O)CC(C)(C)C1. The first-order valence-corrected chi connectivity index (χ1v) is 7.36. The molecule has 1 aliphatic rings. The first kappa shape index (κ1) is 17.0. The van der Waals surface area contributed by atoms with Gasteiger partial charge in [-0.05, 0) is 43.9 Å². The van der Waals surface area contributed by atoms with Crippen LogP contribution in [-0.2, 0) is 9.59 Å². The van der Waals surface area contributed by atoms with E-state index in [-0.39, 0.29) is 29.2 Å². The summed E-state index contributed by atoms with van der Waals surface area (Å²) in [4.78, 5) is 23.2. The van der Waals surface area contributed by atoms with Crippen LogP contribution in [0.3, 0.4) is 0 Å². The number of aliphatic carboxylic acids is 1. The average molecular weight is 283 g/mol. The molecule has 0 aromatic rings. The highest BCUT2D eigenvalue weighted by Crippen LogP contribution is 2.45. The molecule has 1 aliphatic carbocycles. The van der Waals surface area contributed by atoms with Crippen LogP contribution in [0.25, 0.3) is 0 Å². The summed E-state index contributed by atoms with van der Waals surface area (Å²) < 4.78 is 0. The van der Waals surface area contributed by atoms with Gasteiger partial charge >= 0.3 is 5.97 Å². The molecule has 1 fully saturated rings. The lowest BCUT2D eigenvalue weighted by Gasteiger charge is -2.45. The Balaban J connectivity index is 2.64. The monoisotopic (exact) mass is 283 g/mol. The molecular weight excluding hydrogens is 254 g/mol. The van der Waals surface area contributed by atoms with E-state index < -0.39 is 11.4 Å². The molecule has 1 saturated carbocycles. The molecular formula is C16H29NO3. The summed E-state index contributed by atoms with van der Waals surface area (Å²) in [6.45, 7) is 12.1. The molecule has 0 aromatic heterocycles. The molecule has 1 amide bonds. The first-order chi connectivity index (χ1) is 8.83. The molecule has 4 nitrogen and oxygen atoms in total. The van der Waals surface area contributed by atoms with Crippen molar-refractivity contribution < 1.29 is 14.7 Å². The molecule has 116 valence electrons. The van der Waals surface area contributed by atoms with Crippen LogP contribution in [0.15, 0.2) is 0 Å². The second kappa shape index (κ2) is 5.38. The summed E-state index contributed by atoms with van der Waals surface area (Å²) >= 11 is 0. The number of carbonyl (C=O) groups excluding carboxylic acids is 1. The zero-order valence-corrected chi connectivity index (χ0v) is 13.7. The summed E-state index contributed by atoms with van der Waals surface area (Å²) in [6.07, 6.45) is 3.08. The lowest BCUT2D eigenvalue weighted by molar-refractivity contribution is -0.149. The van der Waals surface area contributed by atoms with Gasteiger partial charge in [-0.1, -0.05) is 27.7 Å². The Morgan fingerprint density at radius 3 is 2.00 bits per heavy atom. The van der Waals surface area contributed by atoms with E-state index in [1.807, 2.05) is 0 Å². The third-order valence-corrected chi connectivity index (χ3v) is 4.10. The smallest absolute Gasteiger partial charge is 0.309 e. The molecule has 0 saturated heterocycles. The molecule has 4 heteroatoms. The van der Waals surface area contributed by atoms with E-state index in [0.29, 0.717) is 0 Å². The lowest BCUT2D eigenvalue weighted by atomic mass is 9.63. The molecule has 0 aliphatic heterocycles. The van der Waals surface area contributed by atoms with Gasteiger partial charge in [0.15, 0.2) is 0 Å². The van der Waals surface area contributed by atoms with Gasteiger partial charge in [-0.25, -0.2) is 0 Å². The van der Waals surface area contributed by atoms with Crippen LogP contribution in [-0.4, -0.2) is 23.0 Å². The maximum atomic E-state index is 12.1. The Kier molecular flexibility index (Phi) is 4.57. The van der Waals surface area contributed by atoms with E-state index in [1.165, 1.54) is 0 Å². The average Bonchev–Trinajstić information content (AvgIpc) is 2.09. The van der Waals surface area contributed by atoms with Crippen molar-refractivity contribution in [1.29, 1.82) is 0 Å². The summed E-state index contributed by atoms with van der Waals surface area (Å²) in [5.74, 6) is -1.09. The van der Waals surface area contributed by atoms with E-state index in [9.17, 15) is 9.59 Å². The predicted octanol–water partition coefficient (Wildman–Crippen LogP) is 3.21. The number of hydrogen-bond acceptors (Lipinski definition) is 2. The number of nitrogens with one attached hydrogen (secondary N) is 1. The molecule has 2 N–H and O–H groups in total. The van der Waals surface area contributed by atoms with Gasteiger partial charge in [0.05, 0.1) is 5.41 Å². The Morgan fingerprint density at radius 1 is 1.15 bits per heavy atom. The number of carboxylic acid groups (broad SMARTS) is 1. The molecule has 0 aromatic carbocycles. The van der Waals surface area contributed by atoms with Crippen molar-refractivity contribution in [3.8, 4) is 0 Å². The number of carbonyl (C=O) groups is 2. The van der Waals surface area contributed by atoms with Crippen LogP contribution in [0.4, 0.5) is 0 Å². The fraction of sp³-hybridized carbons (Fsp3) is 0.875. The lowest BCUT2D eigenvalue weighted by Crippen LogP contribution is -2.47. The van der Waals surface area contributed by atoms with Crippen molar-refractivity contribution in [2.24, 2.45) is 16.2 Å². The van der Waals surface area contributed by atoms with Crippen LogP contribution in [0.5, 0.6) is 0 Å². The summed E-state index contributed by atoms with van der Waals surface area (Å²) in [7, 11) is 0. The molecule has 0 heterocycles. The van der Waals surface area contributed by atoms with Crippen LogP contribution >= 0.6 is 0 Å². The van der Waals surface area contributed by atoms with Gasteiger partial charge in [-0.15, -0.1) is 0 Å². The number of amides is 1. The minimum Gasteiger partial charge on any atom is -0.481 e. The molecule has 0 unspecified atom stereocenters. The van der Waals surface area contributed by atoms with Gasteiger partial charge in [0.25, 0.3) is 0 Å². The quantitative estimate of drug-likeness (QED) is 0.832. The van der Waals surface area contributed by atoms with Crippen molar-refractivity contribution in [3.63, 3.8) is 0 Å². The largest absolute Gasteiger partial charge is 0.481 e. The minimum atomic E-state index is -1.01. The topological polar surface area (TPSA) is 66.4 Å². The molecule has 1 rings (SSSR count). The zero-order chi connectivity index (χ0) is 15.8. The molecule has 0 bridgehead atoms. The normalized spacial score (nSPS) is 22.3. The van der Waals surface area contributed by atoms with Gasteiger partial charge in [-0.3, -0.25) is 9.59 Å². The van der Waals surface area contributed by atoms with Gasteiger partial charge < -0.3 is 10.4 Å². The molecule has 20 heavy (non-hydrogen) atoms. The second-order valence-corrected chi connectivity index (χ2v) is 8.54. The summed E-state index contributed by atoms with van der Waals surface area (Å²) in [5.41, 5.74) is -0.589. The fourth-order valence-electron chi connectivity index (χ4n) is 3.70. The minimum absolute atomic E-state index is 0.0275. The maximum absolute atomic E-state index is 12.1. The Labute approximate surface area is 122 Å². The number of hydrogen-bond donors (Lipinski definition) is 2. The van der Waals surface area contributed by atoms with E-state index in [4.69, 9.17) is 5.11 Å². The van der Waals surface area contributed by atoms with E-state index >= 15 is 0 Å². The van der Waals surface area contributed by atoms with Crippen LogP contribution in [0, 0.1) is 16.2 Å². The number of rotatable bonds is 4. The Morgan fingerprint density at radius 2 is 1.60 bits per heavy atom. The van der Waals surface area contributed by atoms with Gasteiger partial charge in [-0.2, -0.15) is 0 Å². The molecule has 0 atom stereocenters. The van der Waals surface area contributed by atoms with Crippen LogP contribution in [0.1, 0.15) is 67.2 Å². The maximum Gasteiger partial charge on any atom is 0.309 e. The zero-order valence-electron chi connectivity index (χ0n) is 13.7. The van der Waals surface area contributed by atoms with Gasteiger partial charge in [0.1, 0.15) is 0 Å². The number of carboxylic acids is 1. The highest BCUT2D eigenvalue weighted by atomic mass is 16.4. The van der Waals surface area contributed by atoms with Crippen molar-refractivity contribution in [2.75, 3.05) is 0 Å². The van der Waals surface area contributed by atoms with E-state index in [1.54, 1.807) is 13.8 Å². The third-order valence-electron chi connectivity index (χ3n) is 4.10. The predicted molar refractivity (Wildman–Crippen MR) is 79.4 cm³/mol. The third kappa shape index (κ3) is 4.80. The van der Waals surface area contributed by atoms with Gasteiger partial charge in [0.2, 0.25) is 5.91 Å². The van der Waals surface area contributed by atoms with Crippen molar-refractivity contribution in [3.05, 3.63) is 0 Å². The van der Waals surface area contributed by atoms with Crippen molar-refractivity contribution in [1.82, 2.24) is 5.32 Å². The fourth-order valence-corrected chi connectivity index (χ4v) is 3.70. The van der Waals surface area contributed by atoms with Crippen LogP contribution < -0.4 is 5.32 Å². The highest BCUT2D eigenvalue weighted by molar-refractivity contribution is 5.84. The van der Waals surface area contributed by atoms with Crippen molar-refractivity contribution >= 4 is 11.9 Å². The molecule has 0 spiro atoms. The van der Waals surface area contributed by atoms with Crippen molar-refractivity contribution in [2.45, 2.75) is 73.3 Å². The van der Waals surface area contributed by atoms with E-state index in [2.05, 4.69) is 33.0 Å². The summed E-state index contributed by atoms with van der Waals surface area (Å²) in [5, 5.41) is 12.1. The highest BCUT2D eigenvalue weighted by Gasteiger charge is 2.39. The van der Waals surface area contributed by atoms with E-state index in [0.717, 1.165) is 19.3 Å². The van der Waals surface area contributed by atoms with Crippen LogP contribution in [0.2, 0.25) is 0 Å². The Bertz CT molecular complexity index is 381.